The number of furan rings is 1. The van der Waals surface area contributed by atoms with Crippen LogP contribution in [-0.4, -0.2) is 10.8 Å². The van der Waals surface area contributed by atoms with Gasteiger partial charge in [-0.1, -0.05) is 41.5 Å². The van der Waals surface area contributed by atoms with Crippen LogP contribution in [0.15, 0.2) is 71.6 Å². The summed E-state index contributed by atoms with van der Waals surface area (Å²) in [6.45, 7) is 0.393. The van der Waals surface area contributed by atoms with Crippen LogP contribution in [0.4, 0.5) is 0 Å². The lowest BCUT2D eigenvalue weighted by atomic mass is 10.0. The number of benzene rings is 1. The summed E-state index contributed by atoms with van der Waals surface area (Å²) in [6.07, 6.45) is 5.17. The van der Waals surface area contributed by atoms with Gasteiger partial charge in [-0.3, -0.25) is 4.79 Å². The fourth-order valence-electron chi connectivity index (χ4n) is 2.47. The SMILES string of the molecule is O=C(c1ccc(Cl)c(Cl)c1)[C@@H](C(=S)NCc1ccco1)[n+]1ccccc1. The average Bonchev–Trinajstić information content (AvgIpc) is 3.17. The first-order valence-electron chi connectivity index (χ1n) is 7.81. The lowest BCUT2D eigenvalue weighted by Gasteiger charge is -2.14. The zero-order valence-electron chi connectivity index (χ0n) is 13.6. The van der Waals surface area contributed by atoms with E-state index in [-0.39, 0.29) is 5.78 Å². The summed E-state index contributed by atoms with van der Waals surface area (Å²) in [7, 11) is 0. The summed E-state index contributed by atoms with van der Waals surface area (Å²) in [6, 6.07) is 13.3. The molecule has 0 spiro atoms. The van der Waals surface area contributed by atoms with Gasteiger partial charge in [0.05, 0.1) is 22.9 Å². The number of rotatable bonds is 6. The molecule has 0 unspecified atom stereocenters. The van der Waals surface area contributed by atoms with Gasteiger partial charge in [-0.25, -0.2) is 0 Å². The number of hydrogen-bond acceptors (Lipinski definition) is 3. The van der Waals surface area contributed by atoms with Crippen molar-refractivity contribution in [2.45, 2.75) is 12.6 Å². The highest BCUT2D eigenvalue weighted by Crippen LogP contribution is 2.24. The van der Waals surface area contributed by atoms with E-state index in [9.17, 15) is 4.79 Å². The monoisotopic (exact) mass is 405 g/mol. The van der Waals surface area contributed by atoms with Crippen molar-refractivity contribution in [1.29, 1.82) is 0 Å². The van der Waals surface area contributed by atoms with Crippen LogP contribution < -0.4 is 9.88 Å². The predicted octanol–water partition coefficient (Wildman–Crippen LogP) is 4.42. The number of Topliss-reactive ketones (excluding diaryl/α,β-unsaturated/α-hetero) is 1. The summed E-state index contributed by atoms with van der Waals surface area (Å²) < 4.78 is 7.05. The maximum absolute atomic E-state index is 13.1. The van der Waals surface area contributed by atoms with Crippen LogP contribution in [0.1, 0.15) is 22.2 Å². The Morgan fingerprint density at radius 1 is 1.12 bits per heavy atom. The van der Waals surface area contributed by atoms with Gasteiger partial charge in [-0.2, -0.15) is 4.57 Å². The van der Waals surface area contributed by atoms with E-state index in [1.807, 2.05) is 24.3 Å². The van der Waals surface area contributed by atoms with Crippen molar-refractivity contribution in [3.8, 4) is 0 Å². The number of carbonyl (C=O) groups excluding carboxylic acids is 1. The highest BCUT2D eigenvalue weighted by molar-refractivity contribution is 7.80. The van der Waals surface area contributed by atoms with Crippen molar-refractivity contribution >= 4 is 46.2 Å². The van der Waals surface area contributed by atoms with Gasteiger partial charge in [-0.15, -0.1) is 0 Å². The Morgan fingerprint density at radius 3 is 2.54 bits per heavy atom. The predicted molar refractivity (Wildman–Crippen MR) is 105 cm³/mol. The molecule has 0 aliphatic heterocycles. The molecule has 4 nitrogen and oxygen atoms in total. The van der Waals surface area contributed by atoms with E-state index < -0.39 is 6.04 Å². The van der Waals surface area contributed by atoms with Crippen LogP contribution >= 0.6 is 35.4 Å². The van der Waals surface area contributed by atoms with Gasteiger partial charge >= 0.3 is 0 Å². The van der Waals surface area contributed by atoms with Crippen LogP contribution in [0, 0.1) is 0 Å². The van der Waals surface area contributed by atoms with Crippen LogP contribution in [0.25, 0.3) is 0 Å². The van der Waals surface area contributed by atoms with E-state index in [1.54, 1.807) is 47.5 Å². The number of nitrogens with one attached hydrogen (secondary N) is 1. The molecule has 1 atom stereocenters. The first-order valence-corrected chi connectivity index (χ1v) is 8.98. The van der Waals surface area contributed by atoms with E-state index in [2.05, 4.69) is 5.32 Å². The van der Waals surface area contributed by atoms with E-state index in [1.165, 1.54) is 0 Å². The van der Waals surface area contributed by atoms with Crippen molar-refractivity contribution in [2.75, 3.05) is 0 Å². The summed E-state index contributed by atoms with van der Waals surface area (Å²) in [5.41, 5.74) is 0.433. The molecule has 2 aromatic heterocycles. The molecule has 0 radical (unpaired) electrons. The van der Waals surface area contributed by atoms with Crippen molar-refractivity contribution in [2.24, 2.45) is 0 Å². The molecule has 0 aliphatic rings. The number of halogens is 2. The van der Waals surface area contributed by atoms with Gasteiger partial charge in [0.2, 0.25) is 5.78 Å². The minimum Gasteiger partial charge on any atom is -0.467 e. The minimum absolute atomic E-state index is 0.184. The fraction of sp³-hybridized carbons (Fsp3) is 0.105. The molecule has 7 heteroatoms. The number of pyridine rings is 1. The molecule has 0 saturated heterocycles. The van der Waals surface area contributed by atoms with Gasteiger partial charge in [0.25, 0.3) is 6.04 Å². The Morgan fingerprint density at radius 2 is 1.88 bits per heavy atom. The van der Waals surface area contributed by atoms with Crippen LogP contribution in [-0.2, 0) is 6.54 Å². The third-order valence-corrected chi connectivity index (χ3v) is 4.86. The van der Waals surface area contributed by atoms with Crippen molar-refractivity contribution in [1.82, 2.24) is 5.32 Å². The van der Waals surface area contributed by atoms with E-state index in [0.29, 0.717) is 27.1 Å². The van der Waals surface area contributed by atoms with Crippen LogP contribution in [0.3, 0.4) is 0 Å². The summed E-state index contributed by atoms with van der Waals surface area (Å²) in [5.74, 6) is 0.544. The number of thiocarbonyl (C=S) groups is 1. The van der Waals surface area contributed by atoms with E-state index in [0.717, 1.165) is 5.76 Å². The highest BCUT2D eigenvalue weighted by atomic mass is 35.5. The number of nitrogens with zero attached hydrogens (tertiary/aromatic N) is 1. The maximum atomic E-state index is 13.1. The maximum Gasteiger partial charge on any atom is 0.270 e. The van der Waals surface area contributed by atoms with Gasteiger partial charge in [-0.05, 0) is 30.3 Å². The van der Waals surface area contributed by atoms with Crippen LogP contribution in [0.5, 0.6) is 0 Å². The third-order valence-electron chi connectivity index (χ3n) is 3.75. The van der Waals surface area contributed by atoms with Crippen molar-refractivity contribution in [3.63, 3.8) is 0 Å². The standard InChI is InChI=1S/C19H14Cl2N2O2S/c20-15-7-6-13(11-16(15)21)18(24)17(23-8-2-1-3-9-23)19(26)22-12-14-5-4-10-25-14/h1-11,17H,12H2/p+1/t17-/m0/s1. The van der Waals surface area contributed by atoms with Gasteiger partial charge in [0, 0.05) is 17.7 Å². The number of ketones is 1. The minimum atomic E-state index is -0.710. The number of carbonyl (C=O) groups is 1. The van der Waals surface area contributed by atoms with E-state index >= 15 is 0 Å². The molecule has 26 heavy (non-hydrogen) atoms. The van der Waals surface area contributed by atoms with Gasteiger partial charge < -0.3 is 9.73 Å². The molecule has 3 rings (SSSR count). The molecule has 2 heterocycles. The second-order valence-electron chi connectivity index (χ2n) is 5.52. The third kappa shape index (κ3) is 4.30. The second kappa shape index (κ2) is 8.45. The molecule has 1 aromatic carbocycles. The van der Waals surface area contributed by atoms with E-state index in [4.69, 9.17) is 39.8 Å². The molecule has 0 aliphatic carbocycles. The highest BCUT2D eigenvalue weighted by Gasteiger charge is 2.33. The Hall–Kier alpha value is -2.21. The molecule has 0 bridgehead atoms. The summed E-state index contributed by atoms with van der Waals surface area (Å²) in [5, 5.41) is 3.81. The fourth-order valence-corrected chi connectivity index (χ4v) is 3.06. The molecule has 3 aromatic rings. The van der Waals surface area contributed by atoms with Gasteiger partial charge in [0.1, 0.15) is 5.76 Å². The summed E-state index contributed by atoms with van der Waals surface area (Å²) >= 11 is 17.5. The molecule has 0 saturated carbocycles. The lowest BCUT2D eigenvalue weighted by molar-refractivity contribution is -0.692. The van der Waals surface area contributed by atoms with Crippen LogP contribution in [0.2, 0.25) is 10.0 Å². The average molecular weight is 406 g/mol. The summed E-state index contributed by atoms with van der Waals surface area (Å²) in [4.78, 5) is 13.5. The Labute approximate surface area is 166 Å². The molecule has 0 amide bonds. The largest absolute Gasteiger partial charge is 0.467 e. The first kappa shape index (κ1) is 18.6. The topological polar surface area (TPSA) is 46.1 Å². The quantitative estimate of drug-likeness (QED) is 0.374. The van der Waals surface area contributed by atoms with Crippen molar-refractivity contribution in [3.05, 3.63) is 88.6 Å². The normalized spacial score (nSPS) is 11.8. The molecule has 1 N–H and O–H groups in total. The molecule has 0 fully saturated rings. The smallest absolute Gasteiger partial charge is 0.270 e. The van der Waals surface area contributed by atoms with Gasteiger partial charge in [0.15, 0.2) is 17.4 Å². The Balaban J connectivity index is 1.88. The molecular weight excluding hydrogens is 391 g/mol. The lowest BCUT2D eigenvalue weighted by Crippen LogP contribution is -2.51. The number of aromatic nitrogens is 1. The zero-order chi connectivity index (χ0) is 18.5. The van der Waals surface area contributed by atoms with Crippen molar-refractivity contribution < 1.29 is 13.8 Å². The zero-order valence-corrected chi connectivity index (χ0v) is 15.9. The Kier molecular flexibility index (Phi) is 6.04. The molecular formula is C19H15Cl2N2O2S+. The Bertz CT molecular complexity index is 915. The first-order chi connectivity index (χ1) is 12.6. The second-order valence-corrected chi connectivity index (χ2v) is 6.77. The number of hydrogen-bond donors (Lipinski definition) is 1. The molecule has 132 valence electrons.